The standard InChI is InChI=1S/C55H42N4O/c1-35-29-36(2)32-42(31-35)47-27-28-48(43-33-37(3)30-38(4)34-43)54-53(47)57-51(39-13-7-5-8-14-39)52(58-54)40-19-23-45(24-20-40)59(44-15-9-6-10-16-44)46-25-21-41(22-26-46)55-56-49-17-11-12-18-50(49)60-55/h5-34H,1-4H3. The zero-order chi connectivity index (χ0) is 40.7. The van der Waals surface area contributed by atoms with Gasteiger partial charge >= 0.3 is 0 Å². The Morgan fingerprint density at radius 3 is 1.32 bits per heavy atom. The number of hydrogen-bond acceptors (Lipinski definition) is 5. The predicted octanol–water partition coefficient (Wildman–Crippen LogP) is 14.8. The zero-order valence-electron chi connectivity index (χ0n) is 34.0. The first-order chi connectivity index (χ1) is 29.3. The van der Waals surface area contributed by atoms with Crippen molar-refractivity contribution in [3.63, 3.8) is 0 Å². The molecule has 10 aromatic rings. The summed E-state index contributed by atoms with van der Waals surface area (Å²) in [6.45, 7) is 8.61. The van der Waals surface area contributed by atoms with Crippen LogP contribution in [0.4, 0.5) is 17.1 Å². The Morgan fingerprint density at radius 1 is 0.367 bits per heavy atom. The lowest BCUT2D eigenvalue weighted by molar-refractivity contribution is 0.620. The Hall–Kier alpha value is -7.63. The summed E-state index contributed by atoms with van der Waals surface area (Å²) >= 11 is 0. The van der Waals surface area contributed by atoms with Crippen LogP contribution in [0, 0.1) is 27.7 Å². The summed E-state index contributed by atoms with van der Waals surface area (Å²) < 4.78 is 6.09. The van der Waals surface area contributed by atoms with Crippen molar-refractivity contribution in [2.75, 3.05) is 4.90 Å². The van der Waals surface area contributed by atoms with Gasteiger partial charge in [0.15, 0.2) is 5.58 Å². The fraction of sp³-hybridized carbons (Fsp3) is 0.0727. The number of nitrogens with zero attached hydrogens (tertiary/aromatic N) is 4. The number of hydrogen-bond donors (Lipinski definition) is 0. The quantitative estimate of drug-likeness (QED) is 0.154. The summed E-state index contributed by atoms with van der Waals surface area (Å²) in [7, 11) is 0. The van der Waals surface area contributed by atoms with Crippen LogP contribution >= 0.6 is 0 Å². The van der Waals surface area contributed by atoms with Crippen molar-refractivity contribution >= 4 is 39.2 Å². The van der Waals surface area contributed by atoms with Crippen LogP contribution in [0.15, 0.2) is 186 Å². The van der Waals surface area contributed by atoms with Crippen molar-refractivity contribution in [2.24, 2.45) is 0 Å². The van der Waals surface area contributed by atoms with E-state index >= 15 is 0 Å². The van der Waals surface area contributed by atoms with E-state index in [2.05, 4.69) is 178 Å². The van der Waals surface area contributed by atoms with Crippen molar-refractivity contribution in [3.8, 4) is 56.2 Å². The molecule has 0 fully saturated rings. The van der Waals surface area contributed by atoms with E-state index in [-0.39, 0.29) is 0 Å². The molecule has 0 N–H and O–H groups in total. The molecule has 0 saturated heterocycles. The third kappa shape index (κ3) is 7.01. The lowest BCUT2D eigenvalue weighted by atomic mass is 9.93. The lowest BCUT2D eigenvalue weighted by Gasteiger charge is -2.26. The van der Waals surface area contributed by atoms with Gasteiger partial charge in [-0.1, -0.05) is 144 Å². The van der Waals surface area contributed by atoms with E-state index < -0.39 is 0 Å². The van der Waals surface area contributed by atoms with Gasteiger partial charge in [-0.25, -0.2) is 15.0 Å². The second-order valence-electron chi connectivity index (χ2n) is 15.6. The van der Waals surface area contributed by atoms with Crippen molar-refractivity contribution in [1.82, 2.24) is 15.0 Å². The number of fused-ring (bicyclic) bond motifs is 2. The maximum atomic E-state index is 6.09. The van der Waals surface area contributed by atoms with E-state index in [4.69, 9.17) is 19.4 Å². The van der Waals surface area contributed by atoms with Crippen LogP contribution in [0.1, 0.15) is 22.3 Å². The molecule has 2 heterocycles. The van der Waals surface area contributed by atoms with Crippen LogP contribution in [-0.4, -0.2) is 15.0 Å². The van der Waals surface area contributed by atoms with Crippen LogP contribution in [0.5, 0.6) is 0 Å². The summed E-state index contributed by atoms with van der Waals surface area (Å²) in [6, 6.07) is 63.7. The number of aromatic nitrogens is 3. The molecular formula is C55H42N4O. The van der Waals surface area contributed by atoms with Gasteiger partial charge < -0.3 is 9.32 Å². The van der Waals surface area contributed by atoms with E-state index in [9.17, 15) is 0 Å². The van der Waals surface area contributed by atoms with Gasteiger partial charge in [0.1, 0.15) is 5.52 Å². The number of para-hydroxylation sites is 3. The Balaban J connectivity index is 1.13. The Kier molecular flexibility index (Phi) is 9.34. The van der Waals surface area contributed by atoms with Crippen LogP contribution in [0.2, 0.25) is 0 Å². The van der Waals surface area contributed by atoms with Gasteiger partial charge in [0.2, 0.25) is 5.89 Å². The maximum Gasteiger partial charge on any atom is 0.227 e. The van der Waals surface area contributed by atoms with Crippen molar-refractivity contribution < 1.29 is 4.42 Å². The van der Waals surface area contributed by atoms with Crippen molar-refractivity contribution in [2.45, 2.75) is 27.7 Å². The molecule has 2 aromatic heterocycles. The minimum atomic E-state index is 0.603. The highest BCUT2D eigenvalue weighted by molar-refractivity contribution is 6.03. The van der Waals surface area contributed by atoms with E-state index in [1.54, 1.807) is 0 Å². The van der Waals surface area contributed by atoms with Gasteiger partial charge in [-0.15, -0.1) is 0 Å². The molecule has 288 valence electrons. The molecule has 5 heteroatoms. The van der Waals surface area contributed by atoms with Gasteiger partial charge in [-0.3, -0.25) is 0 Å². The van der Waals surface area contributed by atoms with Crippen molar-refractivity contribution in [1.29, 1.82) is 0 Å². The monoisotopic (exact) mass is 774 g/mol. The topological polar surface area (TPSA) is 55.1 Å². The molecular weight excluding hydrogens is 733 g/mol. The second kappa shape index (κ2) is 15.3. The first kappa shape index (κ1) is 36.7. The molecule has 0 aliphatic heterocycles. The molecule has 0 atom stereocenters. The highest BCUT2D eigenvalue weighted by Gasteiger charge is 2.21. The van der Waals surface area contributed by atoms with Gasteiger partial charge in [0.05, 0.1) is 22.4 Å². The van der Waals surface area contributed by atoms with Crippen molar-refractivity contribution in [3.05, 3.63) is 204 Å². The van der Waals surface area contributed by atoms with E-state index in [0.717, 1.165) is 89.5 Å². The molecule has 5 nitrogen and oxygen atoms in total. The van der Waals surface area contributed by atoms with Gasteiger partial charge in [0, 0.05) is 44.9 Å². The second-order valence-corrected chi connectivity index (χ2v) is 15.6. The van der Waals surface area contributed by atoms with Gasteiger partial charge in [-0.05, 0) is 99.5 Å². The molecule has 0 aliphatic rings. The van der Waals surface area contributed by atoms with Gasteiger partial charge in [-0.2, -0.15) is 0 Å². The largest absolute Gasteiger partial charge is 0.436 e. The Labute approximate surface area is 350 Å². The molecule has 10 rings (SSSR count). The Bertz CT molecular complexity index is 3100. The first-order valence-electron chi connectivity index (χ1n) is 20.3. The van der Waals surface area contributed by atoms with Crippen LogP contribution in [0.3, 0.4) is 0 Å². The van der Waals surface area contributed by atoms with Crippen LogP contribution in [0.25, 0.3) is 78.4 Å². The SMILES string of the molecule is Cc1cc(C)cc(-c2ccc(-c3cc(C)cc(C)c3)c3nc(-c4ccc(N(c5ccccc5)c5ccc(-c6nc7ccccc7o6)cc5)cc4)c(-c4ccccc4)nc23)c1. The zero-order valence-corrected chi connectivity index (χ0v) is 34.0. The number of benzene rings is 8. The van der Waals surface area contributed by atoms with E-state index in [1.807, 2.05) is 36.4 Å². The molecule has 0 saturated carbocycles. The minimum Gasteiger partial charge on any atom is -0.436 e. The van der Waals surface area contributed by atoms with Crippen LogP contribution < -0.4 is 4.90 Å². The van der Waals surface area contributed by atoms with Crippen LogP contribution in [-0.2, 0) is 0 Å². The van der Waals surface area contributed by atoms with E-state index in [1.165, 1.54) is 22.3 Å². The fourth-order valence-electron chi connectivity index (χ4n) is 8.40. The number of oxazole rings is 1. The first-order valence-corrected chi connectivity index (χ1v) is 20.3. The maximum absolute atomic E-state index is 6.09. The Morgan fingerprint density at radius 2 is 0.800 bits per heavy atom. The summed E-state index contributed by atoms with van der Waals surface area (Å²) in [6.07, 6.45) is 0. The average Bonchev–Trinajstić information content (AvgIpc) is 3.71. The minimum absolute atomic E-state index is 0.603. The molecule has 0 unspecified atom stereocenters. The summed E-state index contributed by atoms with van der Waals surface area (Å²) in [5, 5.41) is 0. The third-order valence-electron chi connectivity index (χ3n) is 11.0. The van der Waals surface area contributed by atoms with Gasteiger partial charge in [0.25, 0.3) is 0 Å². The van der Waals surface area contributed by atoms with E-state index in [0.29, 0.717) is 5.89 Å². The molecule has 0 bridgehead atoms. The lowest BCUT2D eigenvalue weighted by Crippen LogP contribution is -2.09. The summed E-state index contributed by atoms with van der Waals surface area (Å²) in [5.74, 6) is 0.603. The number of aryl methyl sites for hydroxylation is 4. The molecule has 60 heavy (non-hydrogen) atoms. The molecule has 0 aliphatic carbocycles. The normalized spacial score (nSPS) is 11.3. The molecule has 0 radical (unpaired) electrons. The highest BCUT2D eigenvalue weighted by Crippen LogP contribution is 2.41. The third-order valence-corrected chi connectivity index (χ3v) is 11.0. The summed E-state index contributed by atoms with van der Waals surface area (Å²) in [4.78, 5) is 18.2. The number of anilines is 3. The predicted molar refractivity (Wildman–Crippen MR) is 248 cm³/mol. The molecule has 0 spiro atoms. The number of rotatable bonds is 8. The fourth-order valence-corrected chi connectivity index (χ4v) is 8.40. The smallest absolute Gasteiger partial charge is 0.227 e. The highest BCUT2D eigenvalue weighted by atomic mass is 16.3. The molecule has 8 aromatic carbocycles. The summed E-state index contributed by atoms with van der Waals surface area (Å²) in [5.41, 5.74) is 20.3. The average molecular weight is 775 g/mol. The molecule has 0 amide bonds.